The number of anilines is 1. The largest absolute Gasteiger partial charge is 0.295 e. The lowest BCUT2D eigenvalue weighted by atomic mass is 10.3. The van der Waals surface area contributed by atoms with Crippen molar-refractivity contribution in [2.24, 2.45) is 0 Å². The fourth-order valence-electron chi connectivity index (χ4n) is 1.99. The molecule has 0 aromatic carbocycles. The van der Waals surface area contributed by atoms with Gasteiger partial charge in [0, 0.05) is 6.20 Å². The van der Waals surface area contributed by atoms with Crippen molar-refractivity contribution in [2.45, 2.75) is 20.3 Å². The van der Waals surface area contributed by atoms with Crippen molar-refractivity contribution in [2.75, 3.05) is 5.32 Å². The summed E-state index contributed by atoms with van der Waals surface area (Å²) in [6.45, 7) is 3.82. The van der Waals surface area contributed by atoms with Crippen LogP contribution in [0, 0.1) is 6.92 Å². The molecule has 0 unspecified atom stereocenters. The van der Waals surface area contributed by atoms with E-state index in [1.165, 1.54) is 11.3 Å². The lowest BCUT2D eigenvalue weighted by molar-refractivity contribution is 0.102. The van der Waals surface area contributed by atoms with Crippen LogP contribution in [0.4, 0.5) is 5.13 Å². The molecular weight excluding hydrogens is 274 g/mol. The summed E-state index contributed by atoms with van der Waals surface area (Å²) in [5.74, 6) is -0.222. The van der Waals surface area contributed by atoms with Gasteiger partial charge >= 0.3 is 0 Å². The summed E-state index contributed by atoms with van der Waals surface area (Å²) in [6, 6.07) is 5.62. The first-order chi connectivity index (χ1) is 9.69. The maximum absolute atomic E-state index is 12.4. The van der Waals surface area contributed by atoms with E-state index >= 15 is 0 Å². The number of carbonyl (C=O) groups excluding carboxylic acids is 1. The van der Waals surface area contributed by atoms with Gasteiger partial charge in [-0.3, -0.25) is 14.5 Å². The van der Waals surface area contributed by atoms with Gasteiger partial charge in [0.25, 0.3) is 5.91 Å². The van der Waals surface area contributed by atoms with Gasteiger partial charge in [0.05, 0.1) is 5.69 Å². The highest BCUT2D eigenvalue weighted by Gasteiger charge is 2.17. The molecule has 7 heteroatoms. The normalized spacial score (nSPS) is 10.9. The van der Waals surface area contributed by atoms with E-state index in [9.17, 15) is 4.79 Å². The molecule has 0 atom stereocenters. The Bertz CT molecular complexity index is 776. The van der Waals surface area contributed by atoms with Gasteiger partial charge < -0.3 is 0 Å². The second-order valence-corrected chi connectivity index (χ2v) is 5.35. The first-order valence-electron chi connectivity index (χ1n) is 6.26. The van der Waals surface area contributed by atoms with Crippen molar-refractivity contribution in [3.8, 4) is 0 Å². The summed E-state index contributed by atoms with van der Waals surface area (Å²) in [5.41, 5.74) is 1.96. The van der Waals surface area contributed by atoms with E-state index in [-0.39, 0.29) is 5.91 Å². The first-order valence-corrected chi connectivity index (χ1v) is 7.08. The molecule has 6 nitrogen and oxygen atoms in total. The van der Waals surface area contributed by atoms with Crippen LogP contribution in [0.1, 0.15) is 28.1 Å². The quantitative estimate of drug-likeness (QED) is 0.802. The minimum atomic E-state index is -0.222. The Labute approximate surface area is 119 Å². The zero-order valence-electron chi connectivity index (χ0n) is 11.1. The molecule has 1 amide bonds. The molecule has 102 valence electrons. The molecule has 20 heavy (non-hydrogen) atoms. The predicted octanol–water partition coefficient (Wildman–Crippen LogP) is 2.31. The standard InChI is InChI=1S/C13H13N5OS/c1-3-10-16-17-13(20-10)15-12(19)11-8(2)14-9-6-4-5-7-18(9)11/h4-7H,3H2,1-2H3,(H,15,17,19). The molecule has 0 saturated carbocycles. The number of nitrogens with zero attached hydrogens (tertiary/aromatic N) is 4. The summed E-state index contributed by atoms with van der Waals surface area (Å²) < 4.78 is 1.77. The number of aromatic nitrogens is 4. The summed E-state index contributed by atoms with van der Waals surface area (Å²) in [5, 5.41) is 12.1. The number of carbonyl (C=O) groups is 1. The number of nitrogens with one attached hydrogen (secondary N) is 1. The van der Waals surface area contributed by atoms with E-state index in [0.29, 0.717) is 16.5 Å². The van der Waals surface area contributed by atoms with Gasteiger partial charge in [-0.05, 0) is 25.5 Å². The van der Waals surface area contributed by atoms with Crippen LogP contribution >= 0.6 is 11.3 Å². The third-order valence-corrected chi connectivity index (χ3v) is 3.89. The fraction of sp³-hybridized carbons (Fsp3) is 0.231. The summed E-state index contributed by atoms with van der Waals surface area (Å²) in [6.07, 6.45) is 2.63. The number of imidazole rings is 1. The van der Waals surface area contributed by atoms with Crippen LogP contribution in [0.15, 0.2) is 24.4 Å². The van der Waals surface area contributed by atoms with E-state index in [4.69, 9.17) is 0 Å². The van der Waals surface area contributed by atoms with Gasteiger partial charge in [-0.2, -0.15) is 0 Å². The van der Waals surface area contributed by atoms with Gasteiger partial charge in [0.15, 0.2) is 0 Å². The smallest absolute Gasteiger partial charge is 0.276 e. The maximum atomic E-state index is 12.4. The van der Waals surface area contributed by atoms with Crippen molar-refractivity contribution in [3.05, 3.63) is 40.8 Å². The number of pyridine rings is 1. The van der Waals surface area contributed by atoms with Gasteiger partial charge in [0.1, 0.15) is 16.3 Å². The monoisotopic (exact) mass is 287 g/mol. The Morgan fingerprint density at radius 3 is 3.00 bits per heavy atom. The molecule has 0 saturated heterocycles. The molecule has 3 aromatic rings. The van der Waals surface area contributed by atoms with Gasteiger partial charge in [-0.1, -0.05) is 24.3 Å². The second kappa shape index (κ2) is 5.01. The van der Waals surface area contributed by atoms with Crippen LogP contribution < -0.4 is 5.32 Å². The molecule has 3 aromatic heterocycles. The third kappa shape index (κ3) is 2.16. The van der Waals surface area contributed by atoms with E-state index < -0.39 is 0 Å². The van der Waals surface area contributed by atoms with Crippen molar-refractivity contribution >= 4 is 28.0 Å². The summed E-state index contributed by atoms with van der Waals surface area (Å²) >= 11 is 1.39. The number of amides is 1. The lowest BCUT2D eigenvalue weighted by Crippen LogP contribution is -2.15. The minimum Gasteiger partial charge on any atom is -0.295 e. The molecule has 0 bridgehead atoms. The lowest BCUT2D eigenvalue weighted by Gasteiger charge is -2.02. The zero-order chi connectivity index (χ0) is 14.1. The molecule has 0 fully saturated rings. The molecule has 0 aliphatic heterocycles. The van der Waals surface area contributed by atoms with Crippen molar-refractivity contribution in [1.82, 2.24) is 19.6 Å². The van der Waals surface area contributed by atoms with Crippen LogP contribution in [0.2, 0.25) is 0 Å². The molecule has 0 spiro atoms. The average Bonchev–Trinajstić information content (AvgIpc) is 3.01. The Kier molecular flexibility index (Phi) is 3.19. The van der Waals surface area contributed by atoms with E-state index in [1.54, 1.807) is 4.40 Å². The highest BCUT2D eigenvalue weighted by molar-refractivity contribution is 7.15. The highest BCUT2D eigenvalue weighted by atomic mass is 32.1. The van der Waals surface area contributed by atoms with Gasteiger partial charge in [0.2, 0.25) is 5.13 Å². The molecular formula is C13H13N5OS. The number of fused-ring (bicyclic) bond motifs is 1. The van der Waals surface area contributed by atoms with E-state index in [2.05, 4.69) is 20.5 Å². The zero-order valence-corrected chi connectivity index (χ0v) is 11.9. The average molecular weight is 287 g/mol. The third-order valence-electron chi connectivity index (χ3n) is 2.91. The summed E-state index contributed by atoms with van der Waals surface area (Å²) in [4.78, 5) is 16.7. The molecule has 0 radical (unpaired) electrons. The Balaban J connectivity index is 1.94. The van der Waals surface area contributed by atoms with Crippen LogP contribution in [-0.2, 0) is 6.42 Å². The maximum Gasteiger partial charge on any atom is 0.276 e. The van der Waals surface area contributed by atoms with E-state index in [0.717, 1.165) is 17.1 Å². The second-order valence-electron chi connectivity index (χ2n) is 4.28. The number of hydrogen-bond acceptors (Lipinski definition) is 5. The molecule has 0 aliphatic rings. The highest BCUT2D eigenvalue weighted by Crippen LogP contribution is 2.18. The van der Waals surface area contributed by atoms with Gasteiger partial charge in [-0.15, -0.1) is 10.2 Å². The van der Waals surface area contributed by atoms with Crippen LogP contribution in [-0.4, -0.2) is 25.5 Å². The van der Waals surface area contributed by atoms with Crippen LogP contribution in [0.3, 0.4) is 0 Å². The Morgan fingerprint density at radius 1 is 1.40 bits per heavy atom. The Hall–Kier alpha value is -2.28. The molecule has 3 heterocycles. The predicted molar refractivity (Wildman–Crippen MR) is 77.2 cm³/mol. The SMILES string of the molecule is CCc1nnc(NC(=O)c2c(C)nc3ccccn23)s1. The van der Waals surface area contributed by atoms with Gasteiger partial charge in [-0.25, -0.2) is 4.98 Å². The summed E-state index contributed by atoms with van der Waals surface area (Å²) in [7, 11) is 0. The molecule has 0 aliphatic carbocycles. The van der Waals surface area contributed by atoms with Crippen molar-refractivity contribution in [1.29, 1.82) is 0 Å². The molecule has 3 rings (SSSR count). The number of hydrogen-bond donors (Lipinski definition) is 1. The van der Waals surface area contributed by atoms with Crippen LogP contribution in [0.5, 0.6) is 0 Å². The number of aryl methyl sites for hydroxylation is 2. The number of rotatable bonds is 3. The molecule has 1 N–H and O–H groups in total. The van der Waals surface area contributed by atoms with E-state index in [1.807, 2.05) is 38.2 Å². The first kappa shape index (κ1) is 12.7. The van der Waals surface area contributed by atoms with Crippen molar-refractivity contribution in [3.63, 3.8) is 0 Å². The van der Waals surface area contributed by atoms with Crippen LogP contribution in [0.25, 0.3) is 5.65 Å². The fourth-order valence-corrected chi connectivity index (χ4v) is 2.66. The minimum absolute atomic E-state index is 0.222. The van der Waals surface area contributed by atoms with Crippen molar-refractivity contribution < 1.29 is 4.79 Å². The topological polar surface area (TPSA) is 72.2 Å². The Morgan fingerprint density at radius 2 is 2.25 bits per heavy atom.